The van der Waals surface area contributed by atoms with Gasteiger partial charge in [0.2, 0.25) is 0 Å². The van der Waals surface area contributed by atoms with Crippen LogP contribution in [0.1, 0.15) is 69.9 Å². The zero-order valence-electron chi connectivity index (χ0n) is 12.2. The summed E-state index contributed by atoms with van der Waals surface area (Å²) in [7, 11) is 0. The third-order valence-electron chi connectivity index (χ3n) is 5.50. The molecule has 1 nitrogen and oxygen atoms in total. The van der Waals surface area contributed by atoms with Gasteiger partial charge in [-0.05, 0) is 56.4 Å². The highest BCUT2D eigenvalue weighted by molar-refractivity contribution is 5.18. The molecule has 1 N–H and O–H groups in total. The molecular formula is C18H27N. The third kappa shape index (κ3) is 3.02. The van der Waals surface area contributed by atoms with Gasteiger partial charge in [-0.2, -0.15) is 0 Å². The summed E-state index contributed by atoms with van der Waals surface area (Å²) in [6.07, 6.45) is 11.7. The third-order valence-corrected chi connectivity index (χ3v) is 5.50. The van der Waals surface area contributed by atoms with Crippen LogP contribution in [0.15, 0.2) is 30.3 Å². The molecule has 1 aromatic carbocycles. The minimum atomic E-state index is 0.490. The predicted molar refractivity (Wildman–Crippen MR) is 81.1 cm³/mol. The maximum atomic E-state index is 3.84. The van der Waals surface area contributed by atoms with E-state index in [1.54, 1.807) is 0 Å². The molecule has 2 aliphatic rings. The van der Waals surface area contributed by atoms with Crippen LogP contribution in [-0.4, -0.2) is 6.04 Å². The smallest absolute Gasteiger partial charge is 0.0294 e. The lowest BCUT2D eigenvalue weighted by molar-refractivity contribution is 0.164. The van der Waals surface area contributed by atoms with Gasteiger partial charge in [-0.1, -0.05) is 43.2 Å². The molecule has 0 bridgehead atoms. The number of hydrogen-bond donors (Lipinski definition) is 1. The topological polar surface area (TPSA) is 12.0 Å². The van der Waals surface area contributed by atoms with Crippen LogP contribution in [0, 0.1) is 5.41 Å². The Hall–Kier alpha value is -0.820. The van der Waals surface area contributed by atoms with Gasteiger partial charge in [0.15, 0.2) is 0 Å². The lowest BCUT2D eigenvalue weighted by Crippen LogP contribution is -2.37. The Morgan fingerprint density at radius 2 is 1.63 bits per heavy atom. The second-order valence-corrected chi connectivity index (χ2v) is 6.78. The van der Waals surface area contributed by atoms with Crippen LogP contribution < -0.4 is 5.32 Å². The zero-order chi connectivity index (χ0) is 13.1. The van der Waals surface area contributed by atoms with Crippen molar-refractivity contribution >= 4 is 0 Å². The van der Waals surface area contributed by atoms with Crippen LogP contribution in [0.3, 0.4) is 0 Å². The highest BCUT2D eigenvalue weighted by Gasteiger charge is 2.37. The zero-order valence-corrected chi connectivity index (χ0v) is 12.2. The van der Waals surface area contributed by atoms with Crippen molar-refractivity contribution in [2.45, 2.75) is 70.4 Å². The fraction of sp³-hybridized carbons (Fsp3) is 0.667. The van der Waals surface area contributed by atoms with Gasteiger partial charge >= 0.3 is 0 Å². The second-order valence-electron chi connectivity index (χ2n) is 6.78. The predicted octanol–water partition coefficient (Wildman–Crippen LogP) is 4.84. The maximum Gasteiger partial charge on any atom is 0.0294 e. The van der Waals surface area contributed by atoms with Gasteiger partial charge in [-0.3, -0.25) is 0 Å². The molecule has 0 aromatic heterocycles. The van der Waals surface area contributed by atoms with Crippen molar-refractivity contribution in [1.29, 1.82) is 0 Å². The van der Waals surface area contributed by atoms with Crippen LogP contribution in [-0.2, 0) is 0 Å². The molecule has 1 atom stereocenters. The van der Waals surface area contributed by atoms with E-state index in [4.69, 9.17) is 0 Å². The fourth-order valence-electron chi connectivity index (χ4n) is 4.21. The maximum absolute atomic E-state index is 3.84. The first-order valence-corrected chi connectivity index (χ1v) is 8.08. The van der Waals surface area contributed by atoms with Gasteiger partial charge in [0.25, 0.3) is 0 Å². The van der Waals surface area contributed by atoms with E-state index in [9.17, 15) is 0 Å². The van der Waals surface area contributed by atoms with Crippen molar-refractivity contribution in [1.82, 2.24) is 5.32 Å². The molecule has 0 amide bonds. The SMILES string of the molecule is CC(NC1CCC2(CCCC2)CC1)c1ccccc1. The number of rotatable bonds is 3. The van der Waals surface area contributed by atoms with Gasteiger partial charge in [0, 0.05) is 12.1 Å². The minimum absolute atomic E-state index is 0.490. The van der Waals surface area contributed by atoms with Crippen molar-refractivity contribution < 1.29 is 0 Å². The summed E-state index contributed by atoms with van der Waals surface area (Å²) < 4.78 is 0. The summed E-state index contributed by atoms with van der Waals surface area (Å²) >= 11 is 0. The molecule has 19 heavy (non-hydrogen) atoms. The van der Waals surface area contributed by atoms with E-state index in [1.165, 1.54) is 56.9 Å². The van der Waals surface area contributed by atoms with Gasteiger partial charge in [-0.15, -0.1) is 0 Å². The summed E-state index contributed by atoms with van der Waals surface area (Å²) in [6, 6.07) is 12.1. The van der Waals surface area contributed by atoms with Crippen LogP contribution >= 0.6 is 0 Å². The first kappa shape index (κ1) is 13.2. The van der Waals surface area contributed by atoms with Crippen LogP contribution in [0.5, 0.6) is 0 Å². The average molecular weight is 257 g/mol. The quantitative estimate of drug-likeness (QED) is 0.817. The molecule has 2 aliphatic carbocycles. The Bertz CT molecular complexity index is 381. The Kier molecular flexibility index (Phi) is 3.93. The molecule has 1 unspecified atom stereocenters. The van der Waals surface area contributed by atoms with E-state index in [2.05, 4.69) is 42.6 Å². The molecule has 0 aliphatic heterocycles. The van der Waals surface area contributed by atoms with E-state index in [0.29, 0.717) is 6.04 Å². The molecule has 0 radical (unpaired) electrons. The van der Waals surface area contributed by atoms with Crippen molar-refractivity contribution in [3.8, 4) is 0 Å². The lowest BCUT2D eigenvalue weighted by atomic mass is 9.71. The molecule has 0 heterocycles. The van der Waals surface area contributed by atoms with E-state index in [0.717, 1.165) is 11.5 Å². The van der Waals surface area contributed by atoms with Crippen molar-refractivity contribution in [2.75, 3.05) is 0 Å². The highest BCUT2D eigenvalue weighted by atomic mass is 14.9. The van der Waals surface area contributed by atoms with Crippen molar-refractivity contribution in [3.05, 3.63) is 35.9 Å². The van der Waals surface area contributed by atoms with Gasteiger partial charge < -0.3 is 5.32 Å². The standard InChI is InChI=1S/C18H27N/c1-15(16-7-3-2-4-8-16)19-17-9-13-18(14-10-17)11-5-6-12-18/h2-4,7-8,15,17,19H,5-6,9-14H2,1H3. The molecule has 1 spiro atoms. The molecule has 2 saturated carbocycles. The Morgan fingerprint density at radius 1 is 1.00 bits per heavy atom. The van der Waals surface area contributed by atoms with Crippen LogP contribution in [0.4, 0.5) is 0 Å². The summed E-state index contributed by atoms with van der Waals surface area (Å²) in [5, 5.41) is 3.84. The summed E-state index contributed by atoms with van der Waals surface area (Å²) in [5.41, 5.74) is 2.18. The largest absolute Gasteiger partial charge is 0.307 e. The van der Waals surface area contributed by atoms with E-state index in [-0.39, 0.29) is 0 Å². The molecule has 1 heteroatoms. The first-order chi connectivity index (χ1) is 9.27. The summed E-state index contributed by atoms with van der Waals surface area (Å²) in [6.45, 7) is 2.30. The lowest BCUT2D eigenvalue weighted by Gasteiger charge is -2.38. The van der Waals surface area contributed by atoms with Gasteiger partial charge in [0.1, 0.15) is 0 Å². The van der Waals surface area contributed by atoms with Gasteiger partial charge in [0.05, 0.1) is 0 Å². The molecule has 2 fully saturated rings. The fourth-order valence-corrected chi connectivity index (χ4v) is 4.21. The number of hydrogen-bond acceptors (Lipinski definition) is 1. The van der Waals surface area contributed by atoms with Gasteiger partial charge in [-0.25, -0.2) is 0 Å². The van der Waals surface area contributed by atoms with Crippen molar-refractivity contribution in [2.24, 2.45) is 5.41 Å². The molecule has 1 aromatic rings. The van der Waals surface area contributed by atoms with Crippen LogP contribution in [0.25, 0.3) is 0 Å². The summed E-state index contributed by atoms with van der Waals surface area (Å²) in [5.74, 6) is 0. The molecular weight excluding hydrogens is 230 g/mol. The van der Waals surface area contributed by atoms with E-state index in [1.807, 2.05) is 0 Å². The highest BCUT2D eigenvalue weighted by Crippen LogP contribution is 2.49. The average Bonchev–Trinajstić information content (AvgIpc) is 2.91. The number of nitrogens with one attached hydrogen (secondary N) is 1. The monoisotopic (exact) mass is 257 g/mol. The Balaban J connectivity index is 1.52. The summed E-state index contributed by atoms with van der Waals surface area (Å²) in [4.78, 5) is 0. The first-order valence-electron chi connectivity index (χ1n) is 8.08. The molecule has 104 valence electrons. The van der Waals surface area contributed by atoms with E-state index < -0.39 is 0 Å². The molecule has 0 saturated heterocycles. The van der Waals surface area contributed by atoms with Crippen molar-refractivity contribution in [3.63, 3.8) is 0 Å². The van der Waals surface area contributed by atoms with Crippen LogP contribution in [0.2, 0.25) is 0 Å². The van der Waals surface area contributed by atoms with E-state index >= 15 is 0 Å². The minimum Gasteiger partial charge on any atom is -0.307 e. The molecule has 3 rings (SSSR count). The number of benzene rings is 1. The Morgan fingerprint density at radius 3 is 2.26 bits per heavy atom. The second kappa shape index (κ2) is 5.66. The normalized spacial score (nSPS) is 24.7. The Labute approximate surface area is 117 Å².